The van der Waals surface area contributed by atoms with E-state index in [0.717, 1.165) is 31.1 Å². The summed E-state index contributed by atoms with van der Waals surface area (Å²) >= 11 is 0. The largest absolute Gasteiger partial charge is 0.344 e. The van der Waals surface area contributed by atoms with Crippen LogP contribution >= 0.6 is 0 Å². The van der Waals surface area contributed by atoms with Gasteiger partial charge in [-0.15, -0.1) is 0 Å². The zero-order chi connectivity index (χ0) is 38.4. The van der Waals surface area contributed by atoms with Crippen molar-refractivity contribution in [1.29, 1.82) is 0 Å². The minimum absolute atomic E-state index is 0.268. The lowest BCUT2D eigenvalue weighted by Gasteiger charge is -2.34. The van der Waals surface area contributed by atoms with Gasteiger partial charge in [-0.2, -0.15) is 0 Å². The number of aromatic nitrogens is 1. The van der Waals surface area contributed by atoms with Gasteiger partial charge in [-0.25, -0.2) is 0 Å². The Bertz CT molecular complexity index is 2440. The minimum atomic E-state index is -3.29. The maximum atomic E-state index is 10.4. The number of rotatable bonds is 8. The molecule has 8 aromatic carbocycles. The summed E-state index contributed by atoms with van der Waals surface area (Å²) in [6.45, 7) is 0. The van der Waals surface area contributed by atoms with Crippen molar-refractivity contribution < 1.29 is 5.48 Å². The van der Waals surface area contributed by atoms with Gasteiger partial charge in [-0.05, 0) is 53.6 Å². The average molecular weight is 702 g/mol. The highest BCUT2D eigenvalue weighted by atomic mass is 28.3. The molecule has 0 aliphatic rings. The molecule has 248 valence electrons. The van der Waals surface area contributed by atoms with Gasteiger partial charge in [0.2, 0.25) is 0 Å². The van der Waals surface area contributed by atoms with Crippen LogP contribution in [-0.2, 0) is 7.05 Å². The van der Waals surface area contributed by atoms with Crippen LogP contribution in [0.15, 0.2) is 218 Å². The molecule has 0 saturated carbocycles. The van der Waals surface area contributed by atoms with Crippen molar-refractivity contribution in [2.24, 2.45) is 7.05 Å². The predicted octanol–water partition coefficient (Wildman–Crippen LogP) is 6.09. The summed E-state index contributed by atoms with van der Waals surface area (Å²) in [4.78, 5) is 0. The van der Waals surface area contributed by atoms with Crippen LogP contribution < -0.4 is 41.5 Å². The maximum absolute atomic E-state index is 10.4. The van der Waals surface area contributed by atoms with E-state index >= 15 is 0 Å². The molecule has 9 aromatic rings. The molecule has 0 bridgehead atoms. The van der Waals surface area contributed by atoms with Crippen LogP contribution in [-0.4, -0.2) is 20.7 Å². The van der Waals surface area contributed by atoms with Crippen molar-refractivity contribution in [2.45, 2.75) is 0 Å². The lowest BCUT2D eigenvalue weighted by molar-refractivity contribution is 1.01. The van der Waals surface area contributed by atoms with E-state index in [1.54, 1.807) is 0 Å². The Morgan fingerprint density at radius 1 is 0.327 bits per heavy atom. The van der Waals surface area contributed by atoms with E-state index in [1.807, 2.05) is 60.1 Å². The summed E-state index contributed by atoms with van der Waals surface area (Å²) in [5.74, 6) is 0. The Balaban J connectivity index is 1.47. The highest BCUT2D eigenvalue weighted by Crippen LogP contribution is 2.28. The molecule has 1 heterocycles. The van der Waals surface area contributed by atoms with Crippen LogP contribution in [0.5, 0.6) is 0 Å². The summed E-state index contributed by atoms with van der Waals surface area (Å²) in [5, 5.41) is 9.19. The average Bonchev–Trinajstić information content (AvgIpc) is 3.53. The number of nitrogens with zero attached hydrogens (tertiary/aromatic N) is 1. The third-order valence-corrected chi connectivity index (χ3v) is 19.9. The van der Waals surface area contributed by atoms with Gasteiger partial charge in [-0.1, -0.05) is 206 Å². The Morgan fingerprint density at radius 2 is 0.558 bits per heavy atom. The fourth-order valence-corrected chi connectivity index (χ4v) is 17.4. The van der Waals surface area contributed by atoms with Crippen LogP contribution in [0.4, 0.5) is 0 Å². The summed E-state index contributed by atoms with van der Waals surface area (Å²) < 4.78 is 42.6. The molecular formula is C49H39NSi2. The number of benzene rings is 8. The molecule has 0 spiro atoms. The molecule has 0 atom stereocenters. The van der Waals surface area contributed by atoms with E-state index in [4.69, 9.17) is 0 Å². The second-order valence-corrected chi connectivity index (χ2v) is 20.8. The van der Waals surface area contributed by atoms with Gasteiger partial charge in [0.1, 0.15) is 0 Å². The molecule has 0 fully saturated rings. The van der Waals surface area contributed by atoms with E-state index in [1.165, 1.54) is 0 Å². The topological polar surface area (TPSA) is 4.93 Å². The molecule has 0 N–H and O–H groups in total. The second kappa shape index (κ2) is 13.3. The van der Waals surface area contributed by atoms with Gasteiger partial charge >= 0.3 is 0 Å². The third kappa shape index (κ3) is 4.96. The molecule has 52 heavy (non-hydrogen) atoms. The molecule has 0 unspecified atom stereocenters. The first-order chi connectivity index (χ1) is 27.4. The van der Waals surface area contributed by atoms with Crippen molar-refractivity contribution in [1.82, 2.24) is 4.57 Å². The normalized spacial score (nSPS) is 13.0. The smallest absolute Gasteiger partial charge is 0.179 e. The van der Waals surface area contributed by atoms with E-state index in [9.17, 15) is 5.48 Å². The summed E-state index contributed by atoms with van der Waals surface area (Å²) in [6.07, 6.45) is 0. The monoisotopic (exact) mass is 701 g/mol. The number of hydrogen-bond donors (Lipinski definition) is 0. The van der Waals surface area contributed by atoms with E-state index in [2.05, 4.69) is 146 Å². The Morgan fingerprint density at radius 3 is 0.788 bits per heavy atom. The van der Waals surface area contributed by atoms with Crippen LogP contribution in [0.2, 0.25) is 0 Å². The van der Waals surface area contributed by atoms with Gasteiger partial charge in [-0.3, -0.25) is 0 Å². The highest BCUT2D eigenvalue weighted by molar-refractivity contribution is 7.20. The minimum Gasteiger partial charge on any atom is -0.344 e. The molecule has 0 aliphatic carbocycles. The zero-order valence-corrected chi connectivity index (χ0v) is 30.9. The Kier molecular flexibility index (Phi) is 7.07. The summed E-state index contributed by atoms with van der Waals surface area (Å²) in [7, 11) is -4.65. The molecule has 9 rings (SSSR count). The zero-order valence-electron chi connectivity index (χ0n) is 32.9. The van der Waals surface area contributed by atoms with Gasteiger partial charge in [0.25, 0.3) is 0 Å². The van der Waals surface area contributed by atoms with Crippen molar-refractivity contribution in [2.75, 3.05) is 0 Å². The fourth-order valence-electron chi connectivity index (χ4n) is 8.31. The number of fused-ring (bicyclic) bond motifs is 3. The maximum Gasteiger partial charge on any atom is 0.179 e. The number of hydrogen-bond acceptors (Lipinski definition) is 0. The molecule has 1 aromatic heterocycles. The standard InChI is InChI=1S/C49H39NSi2/c1-50-48-34-32-44(51(38-20-8-2-9-21-38,39-22-10-3-11-23-39)40-24-12-4-13-25-40)36-46(48)47-37-45(33-35-49(47)50)52(41-26-14-5-15-27-41,42-28-16-6-17-29-42)43-30-18-7-19-31-43/h2-37H,1H3/i32D,33D,36D,37D. The van der Waals surface area contributed by atoms with Crippen LogP contribution in [0.25, 0.3) is 21.8 Å². The summed E-state index contributed by atoms with van der Waals surface area (Å²) in [5.41, 5.74) is 1.43. The first-order valence-electron chi connectivity index (χ1n) is 19.8. The van der Waals surface area contributed by atoms with Crippen molar-refractivity contribution >= 4 is 79.4 Å². The third-order valence-electron chi connectivity index (χ3n) is 10.7. The fraction of sp³-hybridized carbons (Fsp3) is 0.0204. The van der Waals surface area contributed by atoms with E-state index in [0.29, 0.717) is 44.3 Å². The van der Waals surface area contributed by atoms with Gasteiger partial charge in [0.05, 0.1) is 5.48 Å². The van der Waals surface area contributed by atoms with Crippen LogP contribution in [0.3, 0.4) is 0 Å². The molecular weight excluding hydrogens is 659 g/mol. The predicted molar refractivity (Wildman–Crippen MR) is 228 cm³/mol. The van der Waals surface area contributed by atoms with Crippen molar-refractivity contribution in [3.63, 3.8) is 0 Å². The Hall–Kier alpha value is -6.01. The summed E-state index contributed by atoms with van der Waals surface area (Å²) in [6, 6.07) is 67.5. The quantitative estimate of drug-likeness (QED) is 0.134. The molecule has 0 aliphatic heterocycles. The van der Waals surface area contributed by atoms with Crippen molar-refractivity contribution in [3.8, 4) is 0 Å². The van der Waals surface area contributed by atoms with Gasteiger partial charge in [0.15, 0.2) is 16.1 Å². The van der Waals surface area contributed by atoms with Crippen LogP contribution in [0, 0.1) is 0 Å². The van der Waals surface area contributed by atoms with Gasteiger partial charge in [0, 0.05) is 28.9 Å². The lowest BCUT2D eigenvalue weighted by Crippen LogP contribution is -2.74. The molecule has 1 nitrogen and oxygen atoms in total. The van der Waals surface area contributed by atoms with Gasteiger partial charge < -0.3 is 4.57 Å². The first kappa shape index (κ1) is 27.7. The lowest BCUT2D eigenvalue weighted by atomic mass is 10.1. The first-order valence-corrected chi connectivity index (χ1v) is 21.8. The molecule has 0 amide bonds. The highest BCUT2D eigenvalue weighted by Gasteiger charge is 2.43. The SMILES string of the molecule is [2H]c1cc2c(c([2H])c1[Si](c1ccccc1)(c1ccccc1)c1ccccc1)c1c([2H])c([Si](c3ccccc3)(c3ccccc3)c3ccccc3)c([2H])cc1n2C. The van der Waals surface area contributed by atoms with E-state index < -0.39 is 16.1 Å². The molecule has 3 heteroatoms. The van der Waals surface area contributed by atoms with E-state index in [-0.39, 0.29) is 12.1 Å². The second-order valence-electron chi connectivity index (χ2n) is 13.4. The van der Waals surface area contributed by atoms with Crippen molar-refractivity contribution in [3.05, 3.63) is 218 Å². The Labute approximate surface area is 313 Å². The number of aryl methyl sites for hydroxylation is 1. The molecule has 0 saturated heterocycles. The van der Waals surface area contributed by atoms with Crippen LogP contribution in [0.1, 0.15) is 5.48 Å². The molecule has 0 radical (unpaired) electrons.